The Kier molecular flexibility index (Phi) is 6.96. The van der Waals surface area contributed by atoms with E-state index in [-0.39, 0.29) is 17.9 Å². The molecule has 8 heteroatoms. The number of ketones is 1. The van der Waals surface area contributed by atoms with E-state index >= 15 is 0 Å². The third-order valence-electron chi connectivity index (χ3n) is 5.44. The van der Waals surface area contributed by atoms with E-state index in [0.717, 1.165) is 12.0 Å². The maximum absolute atomic E-state index is 13.3. The number of carbonyl (C=O) groups is 2. The number of hydrogen-bond donors (Lipinski definition) is 1. The van der Waals surface area contributed by atoms with Gasteiger partial charge in [0, 0.05) is 18.9 Å². The first-order valence-corrected chi connectivity index (χ1v) is 11.2. The van der Waals surface area contributed by atoms with Crippen LogP contribution in [0.4, 0.5) is 0 Å². The van der Waals surface area contributed by atoms with Crippen molar-refractivity contribution in [2.75, 3.05) is 13.2 Å². The van der Waals surface area contributed by atoms with Crippen molar-refractivity contribution in [1.29, 1.82) is 0 Å². The van der Waals surface area contributed by atoms with Crippen LogP contribution in [0.2, 0.25) is 0 Å². The summed E-state index contributed by atoms with van der Waals surface area (Å²) >= 11 is 0. The predicted octanol–water partition coefficient (Wildman–Crippen LogP) is 4.64. The largest absolute Gasteiger partial charge is 0.503 e. The lowest BCUT2D eigenvalue weighted by atomic mass is 9.94. The van der Waals surface area contributed by atoms with Gasteiger partial charge in [0.05, 0.1) is 31.1 Å². The summed E-state index contributed by atoms with van der Waals surface area (Å²) in [6, 6.07) is 11.1. The molecule has 1 aliphatic heterocycles. The fourth-order valence-electron chi connectivity index (χ4n) is 3.91. The molecule has 2 aromatic heterocycles. The van der Waals surface area contributed by atoms with Crippen LogP contribution in [-0.4, -0.2) is 39.9 Å². The van der Waals surface area contributed by atoms with Gasteiger partial charge >= 0.3 is 0 Å². The van der Waals surface area contributed by atoms with E-state index in [2.05, 4.69) is 4.98 Å². The minimum Gasteiger partial charge on any atom is -0.503 e. The molecule has 0 saturated carbocycles. The molecule has 1 unspecified atom stereocenters. The van der Waals surface area contributed by atoms with Gasteiger partial charge in [-0.25, -0.2) is 0 Å². The van der Waals surface area contributed by atoms with Crippen LogP contribution in [0.1, 0.15) is 48.0 Å². The highest BCUT2D eigenvalue weighted by Gasteiger charge is 2.44. The van der Waals surface area contributed by atoms with E-state index in [1.165, 1.54) is 17.2 Å². The first-order valence-electron chi connectivity index (χ1n) is 11.2. The lowest BCUT2D eigenvalue weighted by Gasteiger charge is -2.27. The third-order valence-corrected chi connectivity index (χ3v) is 5.44. The quantitative estimate of drug-likeness (QED) is 0.438. The molecule has 0 spiro atoms. The molecule has 1 N–H and O–H groups in total. The number of furan rings is 1. The van der Waals surface area contributed by atoms with Crippen LogP contribution in [-0.2, 0) is 11.3 Å². The van der Waals surface area contributed by atoms with E-state index in [4.69, 9.17) is 13.9 Å². The molecule has 0 aliphatic carbocycles. The Balaban J connectivity index is 1.80. The normalized spacial score (nSPS) is 15.6. The van der Waals surface area contributed by atoms with Gasteiger partial charge in [-0.1, -0.05) is 13.0 Å². The molecule has 34 heavy (non-hydrogen) atoms. The summed E-state index contributed by atoms with van der Waals surface area (Å²) in [5, 5.41) is 10.8. The molecule has 0 bridgehead atoms. The first-order chi connectivity index (χ1) is 16.5. The summed E-state index contributed by atoms with van der Waals surface area (Å²) in [7, 11) is 0. The Labute approximate surface area is 197 Å². The Morgan fingerprint density at radius 3 is 2.59 bits per heavy atom. The summed E-state index contributed by atoms with van der Waals surface area (Å²) in [4.78, 5) is 31.9. The van der Waals surface area contributed by atoms with Gasteiger partial charge in [-0.05, 0) is 60.9 Å². The smallest absolute Gasteiger partial charge is 0.290 e. The SMILES string of the molecule is CCCOc1ccc(C2C(C(=O)c3ccco3)=C(O)C(=O)N2Cc2ccncc2)cc1OCC. The molecule has 4 rings (SSSR count). The number of amides is 1. The van der Waals surface area contributed by atoms with Gasteiger partial charge < -0.3 is 23.9 Å². The van der Waals surface area contributed by atoms with E-state index in [1.54, 1.807) is 48.8 Å². The van der Waals surface area contributed by atoms with Gasteiger partial charge in [0.15, 0.2) is 23.0 Å². The minimum atomic E-state index is -0.849. The molecule has 3 heterocycles. The number of rotatable bonds is 10. The highest BCUT2D eigenvalue weighted by molar-refractivity contribution is 6.15. The van der Waals surface area contributed by atoms with Crippen LogP contribution in [0, 0.1) is 0 Å². The van der Waals surface area contributed by atoms with Crippen LogP contribution in [0.5, 0.6) is 11.5 Å². The number of pyridine rings is 1. The van der Waals surface area contributed by atoms with Crippen molar-refractivity contribution in [1.82, 2.24) is 9.88 Å². The van der Waals surface area contributed by atoms with Gasteiger partial charge in [0.1, 0.15) is 0 Å². The van der Waals surface area contributed by atoms with Gasteiger partial charge in [0.25, 0.3) is 5.91 Å². The fraction of sp³-hybridized carbons (Fsp3) is 0.269. The Hall–Kier alpha value is -4.07. The molecule has 1 atom stereocenters. The van der Waals surface area contributed by atoms with Crippen LogP contribution in [0.25, 0.3) is 0 Å². The van der Waals surface area contributed by atoms with Crippen LogP contribution in [0.3, 0.4) is 0 Å². The average molecular weight is 463 g/mol. The van der Waals surface area contributed by atoms with Crippen LogP contribution >= 0.6 is 0 Å². The van der Waals surface area contributed by atoms with Crippen molar-refractivity contribution in [3.8, 4) is 11.5 Å². The second-order valence-corrected chi connectivity index (χ2v) is 7.75. The number of ether oxygens (including phenoxy) is 2. The summed E-state index contributed by atoms with van der Waals surface area (Å²) in [5.41, 5.74) is 1.37. The average Bonchev–Trinajstić information content (AvgIpc) is 3.47. The lowest BCUT2D eigenvalue weighted by molar-refractivity contribution is -0.130. The molecule has 1 amide bonds. The summed E-state index contributed by atoms with van der Waals surface area (Å²) in [5.74, 6) is -0.670. The van der Waals surface area contributed by atoms with Gasteiger partial charge in [0.2, 0.25) is 5.78 Å². The Morgan fingerprint density at radius 2 is 1.91 bits per heavy atom. The Bertz CT molecular complexity index is 1190. The zero-order valence-corrected chi connectivity index (χ0v) is 19.1. The molecular weight excluding hydrogens is 436 g/mol. The molecule has 8 nitrogen and oxygen atoms in total. The summed E-state index contributed by atoms with van der Waals surface area (Å²) in [6.07, 6.45) is 5.46. The maximum atomic E-state index is 13.3. The van der Waals surface area contributed by atoms with Crippen molar-refractivity contribution >= 4 is 11.7 Å². The van der Waals surface area contributed by atoms with E-state index in [1.807, 2.05) is 13.8 Å². The third kappa shape index (κ3) is 4.52. The number of hydrogen-bond acceptors (Lipinski definition) is 7. The molecule has 0 saturated heterocycles. The lowest BCUT2D eigenvalue weighted by Crippen LogP contribution is -2.30. The zero-order valence-electron chi connectivity index (χ0n) is 19.1. The van der Waals surface area contributed by atoms with E-state index in [0.29, 0.717) is 30.3 Å². The second-order valence-electron chi connectivity index (χ2n) is 7.75. The van der Waals surface area contributed by atoms with Gasteiger partial charge in [-0.3, -0.25) is 14.6 Å². The number of Topliss-reactive ketones (excluding diaryl/α,β-unsaturated/α-hetero) is 1. The van der Waals surface area contributed by atoms with Crippen molar-refractivity contribution in [3.05, 3.63) is 89.3 Å². The van der Waals surface area contributed by atoms with Crippen molar-refractivity contribution in [3.63, 3.8) is 0 Å². The second kappa shape index (κ2) is 10.2. The number of carbonyl (C=O) groups excluding carboxylic acids is 2. The van der Waals surface area contributed by atoms with E-state index < -0.39 is 23.5 Å². The topological polar surface area (TPSA) is 102 Å². The van der Waals surface area contributed by atoms with Crippen molar-refractivity contribution < 1.29 is 28.6 Å². The van der Waals surface area contributed by atoms with Crippen LogP contribution < -0.4 is 9.47 Å². The molecule has 1 aliphatic rings. The minimum absolute atomic E-state index is 0.0399. The number of benzene rings is 1. The van der Waals surface area contributed by atoms with Crippen molar-refractivity contribution in [2.45, 2.75) is 32.9 Å². The molecule has 0 fully saturated rings. The standard InChI is InChI=1S/C26H26N2O6/c1-3-13-33-19-8-7-18(15-21(19)32-4-2)23-22(24(29)20-6-5-14-34-20)25(30)26(31)28(23)16-17-9-11-27-12-10-17/h5-12,14-15,23,30H,3-4,13,16H2,1-2H3. The van der Waals surface area contributed by atoms with E-state index in [9.17, 15) is 14.7 Å². The van der Waals surface area contributed by atoms with Crippen molar-refractivity contribution in [2.24, 2.45) is 0 Å². The first kappa shape index (κ1) is 23.1. The number of aliphatic hydroxyl groups is 1. The maximum Gasteiger partial charge on any atom is 0.290 e. The zero-order chi connectivity index (χ0) is 24.1. The summed E-state index contributed by atoms with van der Waals surface area (Å²) in [6.45, 7) is 4.98. The fourth-order valence-corrected chi connectivity index (χ4v) is 3.91. The molecule has 3 aromatic rings. The predicted molar refractivity (Wildman–Crippen MR) is 124 cm³/mol. The van der Waals surface area contributed by atoms with Gasteiger partial charge in [-0.15, -0.1) is 0 Å². The molecular formula is C26H26N2O6. The highest BCUT2D eigenvalue weighted by Crippen LogP contribution is 2.42. The highest BCUT2D eigenvalue weighted by atomic mass is 16.5. The number of nitrogens with zero attached hydrogens (tertiary/aromatic N) is 2. The number of aromatic nitrogens is 1. The molecule has 0 radical (unpaired) electrons. The van der Waals surface area contributed by atoms with Crippen LogP contribution in [0.15, 0.2) is 76.9 Å². The molecule has 1 aromatic carbocycles. The Morgan fingerprint density at radius 1 is 1.12 bits per heavy atom. The monoisotopic (exact) mass is 462 g/mol. The number of aliphatic hydroxyl groups excluding tert-OH is 1. The summed E-state index contributed by atoms with van der Waals surface area (Å²) < 4.78 is 16.9. The van der Waals surface area contributed by atoms with Gasteiger partial charge in [-0.2, -0.15) is 0 Å². The molecule has 176 valence electrons.